The fourth-order valence-corrected chi connectivity index (χ4v) is 9.80. The highest BCUT2D eigenvalue weighted by Gasteiger charge is 2.63. The van der Waals surface area contributed by atoms with E-state index in [4.69, 9.17) is 4.74 Å². The first-order chi connectivity index (χ1) is 19.2. The van der Waals surface area contributed by atoms with E-state index in [0.29, 0.717) is 41.6 Å². The van der Waals surface area contributed by atoms with E-state index < -0.39 is 11.8 Å². The van der Waals surface area contributed by atoms with Crippen LogP contribution in [0.2, 0.25) is 0 Å². The third-order valence-corrected chi connectivity index (χ3v) is 12.4. The standard InChI is InChI=1S/C35H49F3O3/c1-22(2)30(41-31(39)24-9-7-6-8-10-24)16-11-23(3)27-14-15-28-26-13-12-25-21-34(40,35(36,37)38)20-19-32(25,4)29(26)17-18-33(27,28)5/h6-10,12,22-23,26-30,40H,11,13-21H2,1-5H3/t23-,26+,27-,28+,29+,30+,32+,33-,34+/m1/s1. The van der Waals surface area contributed by atoms with Crippen molar-refractivity contribution in [2.75, 3.05) is 0 Å². The minimum atomic E-state index is -4.58. The number of aliphatic hydroxyl groups is 1. The highest BCUT2D eigenvalue weighted by Crippen LogP contribution is 2.68. The van der Waals surface area contributed by atoms with Gasteiger partial charge in [0.2, 0.25) is 0 Å². The minimum absolute atomic E-state index is 0.116. The van der Waals surface area contributed by atoms with Gasteiger partial charge in [0, 0.05) is 6.42 Å². The van der Waals surface area contributed by atoms with Gasteiger partial charge in [0.25, 0.3) is 0 Å². The van der Waals surface area contributed by atoms with Gasteiger partial charge in [0.15, 0.2) is 5.60 Å². The smallest absolute Gasteiger partial charge is 0.417 e. The highest BCUT2D eigenvalue weighted by molar-refractivity contribution is 5.89. The van der Waals surface area contributed by atoms with Crippen LogP contribution in [-0.4, -0.2) is 29.0 Å². The van der Waals surface area contributed by atoms with Crippen molar-refractivity contribution >= 4 is 5.97 Å². The van der Waals surface area contributed by atoms with E-state index in [0.717, 1.165) is 37.7 Å². The molecule has 0 radical (unpaired) electrons. The molecule has 4 aliphatic rings. The van der Waals surface area contributed by atoms with Crippen LogP contribution in [0.4, 0.5) is 13.2 Å². The molecule has 0 aliphatic heterocycles. The highest BCUT2D eigenvalue weighted by atomic mass is 19.4. The number of allylic oxidation sites excluding steroid dienone is 1. The molecule has 3 nitrogen and oxygen atoms in total. The number of hydrogen-bond donors (Lipinski definition) is 1. The van der Waals surface area contributed by atoms with E-state index in [1.807, 2.05) is 18.2 Å². The Morgan fingerprint density at radius 2 is 1.71 bits per heavy atom. The average molecular weight is 575 g/mol. The molecule has 0 saturated heterocycles. The number of fused-ring (bicyclic) bond motifs is 5. The summed E-state index contributed by atoms with van der Waals surface area (Å²) in [7, 11) is 0. The van der Waals surface area contributed by atoms with Crippen molar-refractivity contribution in [3.8, 4) is 0 Å². The number of halogens is 3. The Bertz CT molecular complexity index is 1130. The summed E-state index contributed by atoms with van der Waals surface area (Å²) in [6.07, 6.45) is 4.63. The Kier molecular flexibility index (Phi) is 8.24. The van der Waals surface area contributed by atoms with Crippen molar-refractivity contribution in [2.24, 2.45) is 46.3 Å². The molecule has 0 aromatic heterocycles. The average Bonchev–Trinajstić information content (AvgIpc) is 3.28. The molecule has 0 spiro atoms. The maximum absolute atomic E-state index is 13.7. The van der Waals surface area contributed by atoms with Crippen molar-refractivity contribution in [1.82, 2.24) is 0 Å². The summed E-state index contributed by atoms with van der Waals surface area (Å²) in [4.78, 5) is 12.7. The number of esters is 1. The summed E-state index contributed by atoms with van der Waals surface area (Å²) in [5.74, 6) is 2.60. The molecule has 4 aliphatic carbocycles. The lowest BCUT2D eigenvalue weighted by atomic mass is 9.46. The Morgan fingerprint density at radius 1 is 1.00 bits per heavy atom. The van der Waals surface area contributed by atoms with Gasteiger partial charge in [-0.2, -0.15) is 13.2 Å². The van der Waals surface area contributed by atoms with Gasteiger partial charge in [-0.25, -0.2) is 4.79 Å². The lowest BCUT2D eigenvalue weighted by Gasteiger charge is -2.59. The Morgan fingerprint density at radius 3 is 2.37 bits per heavy atom. The SMILES string of the molecule is CC(C)[C@H](CC[C@@H](C)[C@H]1CC[C@H]2[C@@H]3CC=C4C[C@](O)(C(F)(F)F)CC[C@]4(C)[C@H]3CC[C@]12C)OC(=O)c1ccccc1. The van der Waals surface area contributed by atoms with Crippen LogP contribution < -0.4 is 0 Å². The number of rotatable bonds is 7. The first kappa shape index (κ1) is 30.6. The lowest BCUT2D eigenvalue weighted by Crippen LogP contribution is -2.55. The largest absolute Gasteiger partial charge is 0.459 e. The van der Waals surface area contributed by atoms with Gasteiger partial charge in [0.1, 0.15) is 6.10 Å². The molecule has 6 heteroatoms. The summed E-state index contributed by atoms with van der Waals surface area (Å²) >= 11 is 0. The van der Waals surface area contributed by atoms with E-state index in [-0.39, 0.29) is 41.7 Å². The molecule has 228 valence electrons. The second-order valence-electron chi connectivity index (χ2n) is 14.8. The topological polar surface area (TPSA) is 46.5 Å². The van der Waals surface area contributed by atoms with Crippen molar-refractivity contribution in [3.05, 3.63) is 47.5 Å². The van der Waals surface area contributed by atoms with Crippen LogP contribution >= 0.6 is 0 Å². The summed E-state index contributed by atoms with van der Waals surface area (Å²) in [5.41, 5.74) is -1.14. The molecule has 3 saturated carbocycles. The predicted molar refractivity (Wildman–Crippen MR) is 155 cm³/mol. The minimum Gasteiger partial charge on any atom is -0.459 e. The predicted octanol–water partition coefficient (Wildman–Crippen LogP) is 9.16. The fourth-order valence-electron chi connectivity index (χ4n) is 9.80. The third-order valence-electron chi connectivity index (χ3n) is 12.4. The molecule has 1 N–H and O–H groups in total. The van der Waals surface area contributed by atoms with Crippen LogP contribution in [0.15, 0.2) is 42.0 Å². The zero-order valence-corrected chi connectivity index (χ0v) is 25.5. The van der Waals surface area contributed by atoms with Gasteiger partial charge in [0.05, 0.1) is 5.56 Å². The van der Waals surface area contributed by atoms with Gasteiger partial charge >= 0.3 is 12.1 Å². The van der Waals surface area contributed by atoms with Crippen LogP contribution in [0.25, 0.3) is 0 Å². The van der Waals surface area contributed by atoms with Crippen LogP contribution in [0.3, 0.4) is 0 Å². The number of hydrogen-bond acceptors (Lipinski definition) is 3. The summed E-state index contributed by atoms with van der Waals surface area (Å²) < 4.78 is 47.0. The summed E-state index contributed by atoms with van der Waals surface area (Å²) in [6, 6.07) is 9.20. The normalized spacial score (nSPS) is 38.3. The molecule has 1 aromatic carbocycles. The molecule has 9 atom stereocenters. The lowest BCUT2D eigenvalue weighted by molar-refractivity contribution is -0.271. The van der Waals surface area contributed by atoms with Crippen LogP contribution in [0.1, 0.15) is 109 Å². The van der Waals surface area contributed by atoms with E-state index in [1.54, 1.807) is 12.1 Å². The van der Waals surface area contributed by atoms with Crippen molar-refractivity contribution < 1.29 is 27.8 Å². The zero-order chi connectivity index (χ0) is 29.8. The maximum Gasteiger partial charge on any atom is 0.417 e. The van der Waals surface area contributed by atoms with Gasteiger partial charge in [-0.05, 0) is 116 Å². The summed E-state index contributed by atoms with van der Waals surface area (Å²) in [5, 5.41) is 10.5. The number of carbonyl (C=O) groups excluding carboxylic acids is 1. The molecule has 0 bridgehead atoms. The Balaban J connectivity index is 1.25. The number of alkyl halides is 3. The number of carbonyl (C=O) groups is 1. The Hall–Kier alpha value is -1.82. The van der Waals surface area contributed by atoms with Crippen molar-refractivity contribution in [1.29, 1.82) is 0 Å². The van der Waals surface area contributed by atoms with Gasteiger partial charge in [-0.1, -0.05) is 64.5 Å². The molecule has 0 amide bonds. The van der Waals surface area contributed by atoms with Gasteiger partial charge in [-0.3, -0.25) is 0 Å². The van der Waals surface area contributed by atoms with E-state index in [2.05, 4.69) is 40.7 Å². The monoisotopic (exact) mass is 574 g/mol. The molecular weight excluding hydrogens is 525 g/mol. The molecule has 1 aromatic rings. The number of ether oxygens (including phenoxy) is 1. The van der Waals surface area contributed by atoms with Crippen molar-refractivity contribution in [3.63, 3.8) is 0 Å². The molecule has 3 fully saturated rings. The molecule has 0 heterocycles. The van der Waals surface area contributed by atoms with Crippen LogP contribution in [0, 0.1) is 46.3 Å². The fraction of sp³-hybridized carbons (Fsp3) is 0.743. The summed E-state index contributed by atoms with van der Waals surface area (Å²) in [6.45, 7) is 11.3. The third kappa shape index (κ3) is 5.40. The molecule has 5 rings (SSSR count). The maximum atomic E-state index is 13.7. The van der Waals surface area contributed by atoms with Gasteiger partial charge in [-0.15, -0.1) is 0 Å². The zero-order valence-electron chi connectivity index (χ0n) is 25.5. The second-order valence-corrected chi connectivity index (χ2v) is 14.8. The second kappa shape index (κ2) is 11.0. The van der Waals surface area contributed by atoms with Crippen molar-refractivity contribution in [2.45, 2.75) is 117 Å². The Labute approximate surface area is 244 Å². The molecular formula is C35H49F3O3. The number of benzene rings is 1. The van der Waals surface area contributed by atoms with E-state index in [1.165, 1.54) is 12.8 Å². The van der Waals surface area contributed by atoms with Crippen LogP contribution in [-0.2, 0) is 4.74 Å². The van der Waals surface area contributed by atoms with E-state index in [9.17, 15) is 23.1 Å². The van der Waals surface area contributed by atoms with Gasteiger partial charge < -0.3 is 9.84 Å². The first-order valence-corrected chi connectivity index (χ1v) is 15.9. The first-order valence-electron chi connectivity index (χ1n) is 15.9. The quantitative estimate of drug-likeness (QED) is 0.261. The van der Waals surface area contributed by atoms with Crippen LogP contribution in [0.5, 0.6) is 0 Å². The van der Waals surface area contributed by atoms with E-state index >= 15 is 0 Å². The molecule has 0 unspecified atom stereocenters. The molecule has 41 heavy (non-hydrogen) atoms.